The van der Waals surface area contributed by atoms with E-state index >= 15 is 0 Å². The zero-order valence-corrected chi connectivity index (χ0v) is 8.27. The molecule has 1 N–H and O–H groups in total. The topological polar surface area (TPSA) is 72.6 Å². The number of nitro benzene ring substituents is 1. The van der Waals surface area contributed by atoms with Crippen LogP contribution in [0.2, 0.25) is 0 Å². The standard InChI is InChI=1S/C10H11NO4/c1-7(2)6-15-10-4-3-8(11(13)14)5-9(10)12/h3-5,12H,1,6H2,2H3. The highest BCUT2D eigenvalue weighted by Gasteiger charge is 2.10. The first-order valence-corrected chi connectivity index (χ1v) is 4.25. The number of nitrogens with zero attached hydrogens (tertiary/aromatic N) is 1. The summed E-state index contributed by atoms with van der Waals surface area (Å²) in [6.45, 7) is 5.68. The Morgan fingerprint density at radius 1 is 1.67 bits per heavy atom. The molecule has 1 aromatic carbocycles. The summed E-state index contributed by atoms with van der Waals surface area (Å²) in [5.74, 6) is -0.0333. The molecule has 0 saturated carbocycles. The quantitative estimate of drug-likeness (QED) is 0.469. The van der Waals surface area contributed by atoms with Gasteiger partial charge < -0.3 is 9.84 Å². The molecule has 0 bridgehead atoms. The average molecular weight is 209 g/mol. The highest BCUT2D eigenvalue weighted by molar-refractivity contribution is 5.47. The molecular formula is C10H11NO4. The Morgan fingerprint density at radius 3 is 2.80 bits per heavy atom. The molecule has 0 amide bonds. The first kappa shape index (κ1) is 11.0. The summed E-state index contributed by atoms with van der Waals surface area (Å²) in [6, 6.07) is 3.68. The third kappa shape index (κ3) is 2.98. The molecule has 0 aliphatic carbocycles. The summed E-state index contributed by atoms with van der Waals surface area (Å²) in [4.78, 5) is 9.79. The maximum atomic E-state index is 10.4. The van der Waals surface area contributed by atoms with Crippen molar-refractivity contribution < 1.29 is 14.8 Å². The predicted molar refractivity (Wildman–Crippen MR) is 55.1 cm³/mol. The molecule has 0 fully saturated rings. The Bertz CT molecular complexity index is 400. The summed E-state index contributed by atoms with van der Waals surface area (Å²) < 4.78 is 5.16. The van der Waals surface area contributed by atoms with Crippen LogP contribution in [0.3, 0.4) is 0 Å². The van der Waals surface area contributed by atoms with Crippen LogP contribution in [0, 0.1) is 10.1 Å². The number of rotatable bonds is 4. The lowest BCUT2D eigenvalue weighted by Gasteiger charge is -2.06. The third-order valence-electron chi connectivity index (χ3n) is 1.63. The van der Waals surface area contributed by atoms with Gasteiger partial charge in [-0.15, -0.1) is 0 Å². The first-order chi connectivity index (χ1) is 7.00. The summed E-state index contributed by atoms with van der Waals surface area (Å²) in [6.07, 6.45) is 0. The van der Waals surface area contributed by atoms with Crippen molar-refractivity contribution in [3.63, 3.8) is 0 Å². The van der Waals surface area contributed by atoms with E-state index in [0.717, 1.165) is 11.6 Å². The largest absolute Gasteiger partial charge is 0.504 e. The van der Waals surface area contributed by atoms with Crippen LogP contribution < -0.4 is 4.74 Å². The molecule has 0 radical (unpaired) electrons. The average Bonchev–Trinajstić information content (AvgIpc) is 2.15. The number of ether oxygens (including phenoxy) is 1. The number of hydrogen-bond donors (Lipinski definition) is 1. The van der Waals surface area contributed by atoms with Crippen molar-refractivity contribution in [1.82, 2.24) is 0 Å². The number of aromatic hydroxyl groups is 1. The van der Waals surface area contributed by atoms with Crippen molar-refractivity contribution in [3.05, 3.63) is 40.5 Å². The molecule has 15 heavy (non-hydrogen) atoms. The molecule has 0 unspecified atom stereocenters. The molecule has 1 aromatic rings. The van der Waals surface area contributed by atoms with Gasteiger partial charge in [0.05, 0.1) is 11.0 Å². The minimum absolute atomic E-state index is 0.171. The zero-order chi connectivity index (χ0) is 11.4. The van der Waals surface area contributed by atoms with Crippen LogP contribution >= 0.6 is 0 Å². The highest BCUT2D eigenvalue weighted by Crippen LogP contribution is 2.30. The van der Waals surface area contributed by atoms with Gasteiger partial charge in [0.15, 0.2) is 11.5 Å². The fourth-order valence-corrected chi connectivity index (χ4v) is 0.942. The van der Waals surface area contributed by atoms with Crippen LogP contribution in [0.25, 0.3) is 0 Å². The van der Waals surface area contributed by atoms with Crippen molar-refractivity contribution >= 4 is 5.69 Å². The smallest absolute Gasteiger partial charge is 0.273 e. The lowest BCUT2D eigenvalue weighted by Crippen LogP contribution is -1.98. The van der Waals surface area contributed by atoms with Crippen LogP contribution in [-0.4, -0.2) is 16.6 Å². The van der Waals surface area contributed by atoms with E-state index in [9.17, 15) is 15.2 Å². The normalized spacial score (nSPS) is 9.67. The summed E-state index contributed by atoms with van der Waals surface area (Å²) in [5.41, 5.74) is 0.628. The van der Waals surface area contributed by atoms with Crippen molar-refractivity contribution in [1.29, 1.82) is 0 Å². The number of benzene rings is 1. The summed E-state index contributed by atoms with van der Waals surface area (Å²) in [7, 11) is 0. The Morgan fingerprint density at radius 2 is 2.33 bits per heavy atom. The fraction of sp³-hybridized carbons (Fsp3) is 0.200. The van der Waals surface area contributed by atoms with Crippen LogP contribution in [0.4, 0.5) is 5.69 Å². The molecule has 5 nitrogen and oxygen atoms in total. The van der Waals surface area contributed by atoms with E-state index in [4.69, 9.17) is 4.74 Å². The van der Waals surface area contributed by atoms with Crippen LogP contribution in [0.15, 0.2) is 30.4 Å². The Balaban J connectivity index is 2.83. The van der Waals surface area contributed by atoms with Gasteiger partial charge in [0.25, 0.3) is 5.69 Å². The maximum Gasteiger partial charge on any atom is 0.273 e. The molecular weight excluding hydrogens is 198 g/mol. The summed E-state index contributed by atoms with van der Waals surface area (Å²) in [5, 5.41) is 19.8. The maximum absolute atomic E-state index is 10.4. The third-order valence-corrected chi connectivity index (χ3v) is 1.63. The minimum atomic E-state index is -0.581. The van der Waals surface area contributed by atoms with Gasteiger partial charge in [-0.05, 0) is 18.6 Å². The second-order valence-corrected chi connectivity index (χ2v) is 3.15. The van der Waals surface area contributed by atoms with Gasteiger partial charge in [-0.2, -0.15) is 0 Å². The van der Waals surface area contributed by atoms with Crippen molar-refractivity contribution in [3.8, 4) is 11.5 Å². The molecule has 1 rings (SSSR count). The van der Waals surface area contributed by atoms with Gasteiger partial charge in [-0.25, -0.2) is 0 Å². The molecule has 0 heterocycles. The predicted octanol–water partition coefficient (Wildman–Crippen LogP) is 2.26. The zero-order valence-electron chi connectivity index (χ0n) is 8.27. The first-order valence-electron chi connectivity index (χ1n) is 4.25. The Labute approximate surface area is 86.8 Å². The van der Waals surface area contributed by atoms with Gasteiger partial charge in [-0.3, -0.25) is 10.1 Å². The second-order valence-electron chi connectivity index (χ2n) is 3.15. The SMILES string of the molecule is C=C(C)COc1ccc([N+](=O)[O-])cc1O. The molecule has 80 valence electrons. The molecule has 0 atom stereocenters. The van der Waals surface area contributed by atoms with E-state index in [2.05, 4.69) is 6.58 Å². The molecule has 0 spiro atoms. The molecule has 0 aliphatic heterocycles. The van der Waals surface area contributed by atoms with Crippen molar-refractivity contribution in [2.24, 2.45) is 0 Å². The number of hydrogen-bond acceptors (Lipinski definition) is 4. The van der Waals surface area contributed by atoms with Gasteiger partial charge >= 0.3 is 0 Å². The lowest BCUT2D eigenvalue weighted by atomic mass is 10.3. The fourth-order valence-electron chi connectivity index (χ4n) is 0.942. The Kier molecular flexibility index (Phi) is 3.28. The minimum Gasteiger partial charge on any atom is -0.504 e. The molecule has 0 aliphatic rings. The summed E-state index contributed by atoms with van der Waals surface area (Å²) >= 11 is 0. The molecule has 5 heteroatoms. The van der Waals surface area contributed by atoms with Gasteiger partial charge in [0, 0.05) is 6.07 Å². The number of non-ortho nitro benzene ring substituents is 1. The van der Waals surface area contributed by atoms with Crippen LogP contribution in [0.1, 0.15) is 6.92 Å². The van der Waals surface area contributed by atoms with Crippen LogP contribution in [0.5, 0.6) is 11.5 Å². The van der Waals surface area contributed by atoms with E-state index in [1.165, 1.54) is 12.1 Å². The number of nitro groups is 1. The van der Waals surface area contributed by atoms with E-state index in [1.54, 1.807) is 6.92 Å². The van der Waals surface area contributed by atoms with Gasteiger partial charge in [-0.1, -0.05) is 6.58 Å². The van der Waals surface area contributed by atoms with E-state index in [0.29, 0.717) is 0 Å². The Hall–Kier alpha value is -2.04. The highest BCUT2D eigenvalue weighted by atomic mass is 16.6. The van der Waals surface area contributed by atoms with Crippen molar-refractivity contribution in [2.45, 2.75) is 6.92 Å². The number of phenols is 1. The second kappa shape index (κ2) is 4.45. The molecule has 0 saturated heterocycles. The van der Waals surface area contributed by atoms with Gasteiger partial charge in [0.2, 0.25) is 0 Å². The van der Waals surface area contributed by atoms with E-state index in [-0.39, 0.29) is 23.8 Å². The van der Waals surface area contributed by atoms with E-state index < -0.39 is 4.92 Å². The van der Waals surface area contributed by atoms with Gasteiger partial charge in [0.1, 0.15) is 6.61 Å². The number of phenolic OH excluding ortho intramolecular Hbond substituents is 1. The monoisotopic (exact) mass is 209 g/mol. The van der Waals surface area contributed by atoms with Crippen LogP contribution in [-0.2, 0) is 0 Å². The molecule has 0 aromatic heterocycles. The van der Waals surface area contributed by atoms with E-state index in [1.807, 2.05) is 0 Å². The lowest BCUT2D eigenvalue weighted by molar-refractivity contribution is -0.385. The van der Waals surface area contributed by atoms with Crippen molar-refractivity contribution in [2.75, 3.05) is 6.61 Å².